The molecule has 0 bridgehead atoms. The fourth-order valence-corrected chi connectivity index (χ4v) is 3.73. The van der Waals surface area contributed by atoms with Crippen molar-refractivity contribution in [3.05, 3.63) is 95.2 Å². The lowest BCUT2D eigenvalue weighted by molar-refractivity contribution is 0.101. The molecule has 4 rings (SSSR count). The number of hydrogen-bond acceptors (Lipinski definition) is 1. The highest BCUT2D eigenvalue weighted by Crippen LogP contribution is 2.37. The van der Waals surface area contributed by atoms with Crippen molar-refractivity contribution in [3.8, 4) is 11.1 Å². The number of fused-ring (bicyclic) bond motifs is 1. The molecular formula is C24H19F2NO. The summed E-state index contributed by atoms with van der Waals surface area (Å²) in [7, 11) is 0. The molecule has 28 heavy (non-hydrogen) atoms. The Hall–Kier alpha value is -3.27. The van der Waals surface area contributed by atoms with E-state index in [-0.39, 0.29) is 18.1 Å². The van der Waals surface area contributed by atoms with Crippen LogP contribution in [0.15, 0.2) is 66.7 Å². The highest BCUT2D eigenvalue weighted by molar-refractivity contribution is 6.10. The molecule has 0 aliphatic carbocycles. The predicted octanol–water partition coefficient (Wildman–Crippen LogP) is 6.15. The van der Waals surface area contributed by atoms with Crippen molar-refractivity contribution in [2.45, 2.75) is 20.4 Å². The summed E-state index contributed by atoms with van der Waals surface area (Å²) >= 11 is 0. The number of carbonyl (C=O) groups excluding carboxylic acids is 1. The Morgan fingerprint density at radius 2 is 1.61 bits per heavy atom. The second-order valence-corrected chi connectivity index (χ2v) is 6.96. The molecule has 0 unspecified atom stereocenters. The number of Topliss-reactive ketones (excluding diaryl/α,β-unsaturated/α-hetero) is 1. The summed E-state index contributed by atoms with van der Waals surface area (Å²) in [6, 6.07) is 18.7. The first-order valence-corrected chi connectivity index (χ1v) is 9.09. The van der Waals surface area contributed by atoms with E-state index in [0.29, 0.717) is 22.4 Å². The maximum Gasteiger partial charge on any atom is 0.176 e. The zero-order chi connectivity index (χ0) is 19.8. The maximum absolute atomic E-state index is 14.7. The number of hydrogen-bond donors (Lipinski definition) is 0. The monoisotopic (exact) mass is 375 g/mol. The minimum Gasteiger partial charge on any atom is -0.333 e. The highest BCUT2D eigenvalue weighted by Gasteiger charge is 2.24. The summed E-state index contributed by atoms with van der Waals surface area (Å²) in [5, 5.41) is 0.784. The lowest BCUT2D eigenvalue weighted by Gasteiger charge is -2.11. The molecule has 0 fully saturated rings. The number of rotatable bonds is 4. The van der Waals surface area contributed by atoms with Gasteiger partial charge in [-0.2, -0.15) is 0 Å². The molecule has 4 heteroatoms. The minimum atomic E-state index is -0.392. The minimum absolute atomic E-state index is 0.190. The molecule has 0 aliphatic rings. The van der Waals surface area contributed by atoms with Gasteiger partial charge in [-0.15, -0.1) is 0 Å². The maximum atomic E-state index is 14.7. The van der Waals surface area contributed by atoms with Crippen molar-refractivity contribution in [2.75, 3.05) is 0 Å². The smallest absolute Gasteiger partial charge is 0.176 e. The molecule has 0 N–H and O–H groups in total. The Kier molecular flexibility index (Phi) is 4.55. The number of aromatic nitrogens is 1. The van der Waals surface area contributed by atoms with Crippen LogP contribution in [-0.2, 0) is 6.54 Å². The number of ketones is 1. The van der Waals surface area contributed by atoms with E-state index in [1.165, 1.54) is 19.1 Å². The molecule has 1 heterocycles. The van der Waals surface area contributed by atoms with Gasteiger partial charge in [0.05, 0.1) is 12.2 Å². The van der Waals surface area contributed by atoms with Crippen molar-refractivity contribution in [2.24, 2.45) is 0 Å². The Morgan fingerprint density at radius 3 is 2.29 bits per heavy atom. The number of nitrogens with zero attached hydrogens (tertiary/aromatic N) is 1. The number of halogens is 2. The van der Waals surface area contributed by atoms with Gasteiger partial charge in [0, 0.05) is 34.5 Å². The third-order valence-electron chi connectivity index (χ3n) is 4.98. The van der Waals surface area contributed by atoms with Crippen LogP contribution >= 0.6 is 0 Å². The third-order valence-corrected chi connectivity index (χ3v) is 4.98. The Balaban J connectivity index is 2.08. The summed E-state index contributed by atoms with van der Waals surface area (Å²) in [4.78, 5) is 12.7. The Morgan fingerprint density at radius 1 is 0.929 bits per heavy atom. The first-order chi connectivity index (χ1) is 13.5. The summed E-state index contributed by atoms with van der Waals surface area (Å²) in [5.74, 6) is -0.918. The van der Waals surface area contributed by atoms with Gasteiger partial charge in [-0.1, -0.05) is 48.0 Å². The van der Waals surface area contributed by atoms with Crippen LogP contribution in [0.1, 0.15) is 28.5 Å². The average molecular weight is 375 g/mol. The van der Waals surface area contributed by atoms with Gasteiger partial charge >= 0.3 is 0 Å². The van der Waals surface area contributed by atoms with Crippen LogP contribution in [0.2, 0.25) is 0 Å². The molecule has 0 aliphatic heterocycles. The van der Waals surface area contributed by atoms with E-state index in [1.54, 1.807) is 41.0 Å². The van der Waals surface area contributed by atoms with Gasteiger partial charge in [0.25, 0.3) is 0 Å². The largest absolute Gasteiger partial charge is 0.333 e. The summed E-state index contributed by atoms with van der Waals surface area (Å²) < 4.78 is 30.8. The Labute approximate surface area is 162 Å². The molecule has 2 nitrogen and oxygen atoms in total. The van der Waals surface area contributed by atoms with Gasteiger partial charge in [0.15, 0.2) is 5.78 Å². The van der Waals surface area contributed by atoms with Crippen molar-refractivity contribution in [3.63, 3.8) is 0 Å². The van der Waals surface area contributed by atoms with E-state index in [2.05, 4.69) is 0 Å². The molecule has 140 valence electrons. The van der Waals surface area contributed by atoms with E-state index in [4.69, 9.17) is 0 Å². The van der Waals surface area contributed by atoms with Crippen LogP contribution in [0.25, 0.3) is 22.0 Å². The quantitative estimate of drug-likeness (QED) is 0.392. The fourth-order valence-electron chi connectivity index (χ4n) is 3.73. The molecule has 0 saturated heterocycles. The second kappa shape index (κ2) is 7.04. The SMILES string of the molecule is CC(=O)c1c(-c2ccccc2F)c2cc(C)ccc2n1Cc1ccccc1F. The van der Waals surface area contributed by atoms with E-state index < -0.39 is 5.82 Å². The van der Waals surface area contributed by atoms with Gasteiger partial charge in [-0.25, -0.2) is 8.78 Å². The Bertz CT molecular complexity index is 1210. The molecular weight excluding hydrogens is 356 g/mol. The van der Waals surface area contributed by atoms with E-state index in [1.807, 2.05) is 25.1 Å². The van der Waals surface area contributed by atoms with Gasteiger partial charge in [-0.3, -0.25) is 4.79 Å². The van der Waals surface area contributed by atoms with Crippen LogP contribution in [0, 0.1) is 18.6 Å². The van der Waals surface area contributed by atoms with Crippen LogP contribution in [0.3, 0.4) is 0 Å². The van der Waals surface area contributed by atoms with Gasteiger partial charge in [0.2, 0.25) is 0 Å². The van der Waals surface area contributed by atoms with Gasteiger partial charge in [0.1, 0.15) is 11.6 Å². The zero-order valence-corrected chi connectivity index (χ0v) is 15.7. The van der Waals surface area contributed by atoms with Crippen LogP contribution in [-0.4, -0.2) is 10.4 Å². The molecule has 0 atom stereocenters. The molecule has 3 aromatic carbocycles. The fraction of sp³-hybridized carbons (Fsp3) is 0.125. The topological polar surface area (TPSA) is 22.0 Å². The summed E-state index contributed by atoms with van der Waals surface area (Å²) in [6.45, 7) is 3.60. The molecule has 1 aromatic heterocycles. The molecule has 4 aromatic rings. The van der Waals surface area contributed by atoms with Crippen molar-refractivity contribution < 1.29 is 13.6 Å². The average Bonchev–Trinajstić information content (AvgIpc) is 2.97. The first kappa shape index (κ1) is 18.1. The molecule has 0 radical (unpaired) electrons. The van der Waals surface area contributed by atoms with E-state index in [0.717, 1.165) is 16.5 Å². The standard InChI is InChI=1S/C24H19F2NO/c1-15-11-12-22-19(13-15)23(18-8-4-6-10-21(18)26)24(16(2)28)27(22)14-17-7-3-5-9-20(17)25/h3-13H,14H2,1-2H3. The van der Waals surface area contributed by atoms with E-state index in [9.17, 15) is 13.6 Å². The normalized spacial score (nSPS) is 11.1. The molecule has 0 spiro atoms. The van der Waals surface area contributed by atoms with Crippen molar-refractivity contribution in [1.29, 1.82) is 0 Å². The summed E-state index contributed by atoms with van der Waals surface area (Å²) in [6.07, 6.45) is 0. The van der Waals surface area contributed by atoms with Crippen LogP contribution in [0.5, 0.6) is 0 Å². The molecule has 0 amide bonds. The third kappa shape index (κ3) is 3.01. The van der Waals surface area contributed by atoms with Gasteiger partial charge < -0.3 is 4.57 Å². The number of carbonyl (C=O) groups is 1. The predicted molar refractivity (Wildman–Crippen MR) is 108 cm³/mol. The lowest BCUT2D eigenvalue weighted by atomic mass is 9.99. The van der Waals surface area contributed by atoms with Crippen LogP contribution < -0.4 is 0 Å². The van der Waals surface area contributed by atoms with E-state index >= 15 is 0 Å². The van der Waals surface area contributed by atoms with Crippen molar-refractivity contribution in [1.82, 2.24) is 4.57 Å². The van der Waals surface area contributed by atoms with Gasteiger partial charge in [-0.05, 0) is 31.2 Å². The first-order valence-electron chi connectivity index (χ1n) is 9.09. The highest BCUT2D eigenvalue weighted by atomic mass is 19.1. The number of aryl methyl sites for hydroxylation is 1. The van der Waals surface area contributed by atoms with Crippen LogP contribution in [0.4, 0.5) is 8.78 Å². The molecule has 0 saturated carbocycles. The zero-order valence-electron chi connectivity index (χ0n) is 15.7. The summed E-state index contributed by atoms with van der Waals surface area (Å²) in [5.41, 5.74) is 3.56. The number of benzene rings is 3. The second-order valence-electron chi connectivity index (χ2n) is 6.96. The van der Waals surface area contributed by atoms with Crippen molar-refractivity contribution >= 4 is 16.7 Å². The lowest BCUT2D eigenvalue weighted by Crippen LogP contribution is -2.10.